The maximum Gasteiger partial charge on any atom is 0.418 e. The molecular formula is C21H15F3N2O4S2. The van der Waals surface area contributed by atoms with Crippen LogP contribution in [0.2, 0.25) is 0 Å². The Labute approximate surface area is 190 Å². The van der Waals surface area contributed by atoms with Crippen molar-refractivity contribution in [2.45, 2.75) is 12.6 Å². The van der Waals surface area contributed by atoms with Crippen LogP contribution in [-0.2, 0) is 15.8 Å². The minimum Gasteiger partial charge on any atom is -0.454 e. The molecule has 0 unspecified atom stereocenters. The molecule has 0 radical (unpaired) electrons. The van der Waals surface area contributed by atoms with E-state index in [-0.39, 0.29) is 35.7 Å². The summed E-state index contributed by atoms with van der Waals surface area (Å²) in [6, 6.07) is 9.98. The number of benzene rings is 2. The summed E-state index contributed by atoms with van der Waals surface area (Å²) in [5.74, 6) is 0.0525. The Morgan fingerprint density at radius 3 is 2.75 bits per heavy atom. The van der Waals surface area contributed by atoms with Crippen LogP contribution in [0.5, 0.6) is 11.5 Å². The van der Waals surface area contributed by atoms with Crippen LogP contribution in [0, 0.1) is 0 Å². The van der Waals surface area contributed by atoms with Crippen molar-refractivity contribution in [3.05, 3.63) is 58.5 Å². The number of ether oxygens (including phenoxy) is 2. The van der Waals surface area contributed by atoms with Gasteiger partial charge in [0.25, 0.3) is 5.91 Å². The molecule has 2 aliphatic heterocycles. The second-order valence-electron chi connectivity index (χ2n) is 6.76. The maximum absolute atomic E-state index is 13.1. The van der Waals surface area contributed by atoms with Gasteiger partial charge in [-0.25, -0.2) is 0 Å². The highest BCUT2D eigenvalue weighted by Gasteiger charge is 2.35. The van der Waals surface area contributed by atoms with Gasteiger partial charge in [0.1, 0.15) is 4.32 Å². The number of nitrogens with zero attached hydrogens (tertiary/aromatic N) is 1. The van der Waals surface area contributed by atoms with Crippen LogP contribution >= 0.6 is 24.0 Å². The average molecular weight is 480 g/mol. The van der Waals surface area contributed by atoms with E-state index in [1.165, 1.54) is 23.1 Å². The molecule has 32 heavy (non-hydrogen) atoms. The summed E-state index contributed by atoms with van der Waals surface area (Å²) in [4.78, 5) is 26.6. The van der Waals surface area contributed by atoms with Crippen molar-refractivity contribution in [1.29, 1.82) is 0 Å². The van der Waals surface area contributed by atoms with Crippen molar-refractivity contribution in [2.75, 3.05) is 18.7 Å². The molecule has 166 valence electrons. The summed E-state index contributed by atoms with van der Waals surface area (Å²) >= 11 is 6.33. The number of hydrogen-bond acceptors (Lipinski definition) is 6. The normalized spacial score (nSPS) is 16.7. The molecule has 11 heteroatoms. The number of nitrogens with one attached hydrogen (secondary N) is 1. The van der Waals surface area contributed by atoms with Gasteiger partial charge in [-0.15, -0.1) is 0 Å². The molecule has 0 bridgehead atoms. The van der Waals surface area contributed by atoms with E-state index < -0.39 is 17.6 Å². The summed E-state index contributed by atoms with van der Waals surface area (Å²) < 4.78 is 50.3. The Balaban J connectivity index is 1.42. The van der Waals surface area contributed by atoms with Crippen LogP contribution in [0.4, 0.5) is 18.9 Å². The Morgan fingerprint density at radius 1 is 1.19 bits per heavy atom. The van der Waals surface area contributed by atoms with E-state index in [1.54, 1.807) is 24.3 Å². The summed E-state index contributed by atoms with van der Waals surface area (Å²) in [6.45, 7) is 0.0300. The van der Waals surface area contributed by atoms with Crippen molar-refractivity contribution < 1.29 is 32.2 Å². The Bertz CT molecular complexity index is 1130. The number of alkyl halides is 3. The molecule has 2 aliphatic rings. The zero-order valence-electron chi connectivity index (χ0n) is 16.3. The molecule has 1 fully saturated rings. The molecule has 1 N–H and O–H groups in total. The second-order valence-corrected chi connectivity index (χ2v) is 8.43. The zero-order chi connectivity index (χ0) is 22.9. The third-order valence-electron chi connectivity index (χ3n) is 4.66. The van der Waals surface area contributed by atoms with Crippen LogP contribution < -0.4 is 14.8 Å². The van der Waals surface area contributed by atoms with Crippen LogP contribution in [0.3, 0.4) is 0 Å². The summed E-state index contributed by atoms with van der Waals surface area (Å²) in [5.41, 5.74) is -0.624. The lowest BCUT2D eigenvalue weighted by molar-refractivity contribution is -0.137. The predicted molar refractivity (Wildman–Crippen MR) is 117 cm³/mol. The minimum absolute atomic E-state index is 0.0610. The number of thioether (sulfide) groups is 1. The lowest BCUT2D eigenvalue weighted by atomic mass is 10.1. The number of fused-ring (bicyclic) bond motifs is 1. The SMILES string of the molecule is O=C(CCN1C(=O)/C(=C\c2cccc3c2OCO3)SC1=S)Nc1ccccc1C(F)(F)F. The van der Waals surface area contributed by atoms with E-state index in [0.29, 0.717) is 22.0 Å². The van der Waals surface area contributed by atoms with Gasteiger partial charge in [-0.2, -0.15) is 13.2 Å². The molecule has 2 aromatic rings. The fraction of sp³-hybridized carbons (Fsp3) is 0.190. The number of halogens is 3. The number of thiocarbonyl (C=S) groups is 1. The summed E-state index contributed by atoms with van der Waals surface area (Å²) in [6.07, 6.45) is -3.19. The second kappa shape index (κ2) is 8.83. The number of para-hydroxylation sites is 2. The van der Waals surface area contributed by atoms with E-state index in [9.17, 15) is 22.8 Å². The summed E-state index contributed by atoms with van der Waals surface area (Å²) in [5, 5.41) is 2.26. The molecule has 0 saturated carbocycles. The molecule has 2 amide bonds. The van der Waals surface area contributed by atoms with Crippen molar-refractivity contribution in [3.8, 4) is 11.5 Å². The lowest BCUT2D eigenvalue weighted by Crippen LogP contribution is -2.31. The third kappa shape index (κ3) is 4.58. The Hall–Kier alpha value is -3.05. The molecular weight excluding hydrogens is 465 g/mol. The largest absolute Gasteiger partial charge is 0.454 e. The van der Waals surface area contributed by atoms with E-state index in [1.807, 2.05) is 0 Å². The third-order valence-corrected chi connectivity index (χ3v) is 6.03. The average Bonchev–Trinajstić information content (AvgIpc) is 3.32. The van der Waals surface area contributed by atoms with Crippen molar-refractivity contribution in [3.63, 3.8) is 0 Å². The van der Waals surface area contributed by atoms with Crippen molar-refractivity contribution in [1.82, 2.24) is 4.90 Å². The molecule has 0 atom stereocenters. The highest BCUT2D eigenvalue weighted by Crippen LogP contribution is 2.39. The fourth-order valence-corrected chi connectivity index (χ4v) is 4.47. The van der Waals surface area contributed by atoms with Gasteiger partial charge in [0, 0.05) is 18.5 Å². The Kier molecular flexibility index (Phi) is 6.11. The van der Waals surface area contributed by atoms with Crippen LogP contribution in [0.25, 0.3) is 6.08 Å². The summed E-state index contributed by atoms with van der Waals surface area (Å²) in [7, 11) is 0. The van der Waals surface area contributed by atoms with E-state index >= 15 is 0 Å². The molecule has 1 saturated heterocycles. The van der Waals surface area contributed by atoms with E-state index in [4.69, 9.17) is 21.7 Å². The number of amides is 2. The molecule has 2 heterocycles. The fourth-order valence-electron chi connectivity index (χ4n) is 3.17. The number of hydrogen-bond donors (Lipinski definition) is 1. The quantitative estimate of drug-likeness (QED) is 0.496. The molecule has 0 aliphatic carbocycles. The van der Waals surface area contributed by atoms with Crippen LogP contribution in [0.15, 0.2) is 47.4 Å². The van der Waals surface area contributed by atoms with Crippen LogP contribution in [0.1, 0.15) is 17.5 Å². The first kappa shape index (κ1) is 22.2. The monoisotopic (exact) mass is 480 g/mol. The number of carbonyl (C=O) groups is 2. The topological polar surface area (TPSA) is 67.9 Å². The van der Waals surface area contributed by atoms with Gasteiger partial charge >= 0.3 is 6.18 Å². The minimum atomic E-state index is -4.60. The van der Waals surface area contributed by atoms with Gasteiger partial charge in [0.05, 0.1) is 16.2 Å². The van der Waals surface area contributed by atoms with Crippen molar-refractivity contribution in [2.24, 2.45) is 0 Å². The van der Waals surface area contributed by atoms with Crippen LogP contribution in [-0.4, -0.2) is 34.4 Å². The lowest BCUT2D eigenvalue weighted by Gasteiger charge is -2.16. The standard InChI is InChI=1S/C21H15F3N2O4S2/c22-21(23,24)13-5-1-2-6-14(13)25-17(27)8-9-26-19(28)16(32-20(26)31)10-12-4-3-7-15-18(12)30-11-29-15/h1-7,10H,8-9,11H2,(H,25,27)/b16-10+. The van der Waals surface area contributed by atoms with Gasteiger partial charge < -0.3 is 14.8 Å². The van der Waals surface area contributed by atoms with Gasteiger partial charge in [-0.1, -0.05) is 48.2 Å². The molecule has 6 nitrogen and oxygen atoms in total. The Morgan fingerprint density at radius 2 is 1.97 bits per heavy atom. The van der Waals surface area contributed by atoms with Crippen molar-refractivity contribution >= 4 is 51.9 Å². The highest BCUT2D eigenvalue weighted by molar-refractivity contribution is 8.26. The smallest absolute Gasteiger partial charge is 0.418 e. The van der Waals surface area contributed by atoms with E-state index in [2.05, 4.69) is 5.32 Å². The van der Waals surface area contributed by atoms with Gasteiger partial charge in [0.2, 0.25) is 12.7 Å². The zero-order valence-corrected chi connectivity index (χ0v) is 17.9. The first-order chi connectivity index (χ1) is 15.2. The van der Waals surface area contributed by atoms with Gasteiger partial charge in [0.15, 0.2) is 11.5 Å². The maximum atomic E-state index is 13.1. The first-order valence-electron chi connectivity index (χ1n) is 9.34. The number of anilines is 1. The molecule has 4 rings (SSSR count). The first-order valence-corrected chi connectivity index (χ1v) is 10.6. The molecule has 2 aromatic carbocycles. The van der Waals surface area contributed by atoms with Gasteiger partial charge in [-0.05, 0) is 24.3 Å². The number of rotatable bonds is 5. The molecule has 0 aromatic heterocycles. The van der Waals surface area contributed by atoms with Gasteiger partial charge in [-0.3, -0.25) is 14.5 Å². The van der Waals surface area contributed by atoms with E-state index in [0.717, 1.165) is 17.8 Å². The highest BCUT2D eigenvalue weighted by atomic mass is 32.2. The molecule has 0 spiro atoms. The predicted octanol–water partition coefficient (Wildman–Crippen LogP) is 4.66. The number of carbonyl (C=O) groups excluding carboxylic acids is 2.